The van der Waals surface area contributed by atoms with Crippen LogP contribution in [0.5, 0.6) is 0 Å². The van der Waals surface area contributed by atoms with Gasteiger partial charge >= 0.3 is 12.0 Å². The highest BCUT2D eigenvalue weighted by Crippen LogP contribution is 2.21. The first kappa shape index (κ1) is 14.3. The minimum Gasteiger partial charge on any atom is -0.478 e. The number of urea groups is 1. The SMILES string of the molecule is Cc1cccc(NC(=O)N2CCC(CN)C2)c1C(=O)O. The maximum atomic E-state index is 12.1. The van der Waals surface area contributed by atoms with Crippen molar-refractivity contribution >= 4 is 17.7 Å². The van der Waals surface area contributed by atoms with Crippen LogP contribution in [0.25, 0.3) is 0 Å². The summed E-state index contributed by atoms with van der Waals surface area (Å²) < 4.78 is 0. The van der Waals surface area contributed by atoms with Gasteiger partial charge in [-0.1, -0.05) is 12.1 Å². The number of carbonyl (C=O) groups excluding carboxylic acids is 1. The van der Waals surface area contributed by atoms with Gasteiger partial charge in [-0.25, -0.2) is 9.59 Å². The molecule has 1 fully saturated rings. The van der Waals surface area contributed by atoms with Crippen LogP contribution in [0.15, 0.2) is 18.2 Å². The van der Waals surface area contributed by atoms with E-state index in [4.69, 9.17) is 5.73 Å². The van der Waals surface area contributed by atoms with E-state index < -0.39 is 5.97 Å². The Hall–Kier alpha value is -2.08. The van der Waals surface area contributed by atoms with Gasteiger partial charge in [0.2, 0.25) is 0 Å². The number of nitrogens with zero attached hydrogens (tertiary/aromatic N) is 1. The van der Waals surface area contributed by atoms with Crippen molar-refractivity contribution in [1.29, 1.82) is 0 Å². The lowest BCUT2D eigenvalue weighted by Crippen LogP contribution is -2.34. The Labute approximate surface area is 117 Å². The smallest absolute Gasteiger partial charge is 0.338 e. The number of hydrogen-bond acceptors (Lipinski definition) is 3. The molecule has 6 heteroatoms. The van der Waals surface area contributed by atoms with Crippen LogP contribution in [0.2, 0.25) is 0 Å². The molecule has 1 aliphatic rings. The number of nitrogens with one attached hydrogen (secondary N) is 1. The number of carboxylic acid groups (broad SMARTS) is 1. The molecule has 0 spiro atoms. The molecular formula is C14H19N3O3. The van der Waals surface area contributed by atoms with Gasteiger partial charge in [0, 0.05) is 13.1 Å². The number of amides is 2. The molecule has 20 heavy (non-hydrogen) atoms. The minimum absolute atomic E-state index is 0.135. The van der Waals surface area contributed by atoms with Gasteiger partial charge in [-0.15, -0.1) is 0 Å². The highest BCUT2D eigenvalue weighted by atomic mass is 16.4. The zero-order valence-corrected chi connectivity index (χ0v) is 11.4. The Morgan fingerprint density at radius 2 is 2.25 bits per heavy atom. The predicted octanol–water partition coefficient (Wildman–Crippen LogP) is 1.51. The molecule has 6 nitrogen and oxygen atoms in total. The molecule has 0 aliphatic carbocycles. The first-order valence-corrected chi connectivity index (χ1v) is 6.61. The van der Waals surface area contributed by atoms with Gasteiger partial charge in [-0.3, -0.25) is 0 Å². The molecule has 1 heterocycles. The standard InChI is InChI=1S/C14H19N3O3/c1-9-3-2-4-11(12(9)13(18)19)16-14(20)17-6-5-10(7-15)8-17/h2-4,10H,5-8,15H2,1H3,(H,16,20)(H,18,19). The highest BCUT2D eigenvalue weighted by Gasteiger charge is 2.26. The number of aryl methyl sites for hydroxylation is 1. The zero-order chi connectivity index (χ0) is 14.7. The summed E-state index contributed by atoms with van der Waals surface area (Å²) in [6.45, 7) is 3.55. The van der Waals surface area contributed by atoms with Gasteiger partial charge in [0.05, 0.1) is 11.3 Å². The molecule has 1 aromatic carbocycles. The Balaban J connectivity index is 2.13. The van der Waals surface area contributed by atoms with Crippen LogP contribution in [-0.2, 0) is 0 Å². The first-order chi connectivity index (χ1) is 9.52. The van der Waals surface area contributed by atoms with Crippen LogP contribution >= 0.6 is 0 Å². The quantitative estimate of drug-likeness (QED) is 0.780. The van der Waals surface area contributed by atoms with E-state index in [1.165, 1.54) is 0 Å². The molecule has 1 atom stereocenters. The summed E-state index contributed by atoms with van der Waals surface area (Å²) in [5.74, 6) is -0.711. The molecule has 1 unspecified atom stereocenters. The third-order valence-electron chi connectivity index (χ3n) is 3.63. The second-order valence-electron chi connectivity index (χ2n) is 5.07. The van der Waals surface area contributed by atoms with Crippen molar-refractivity contribution in [2.24, 2.45) is 11.7 Å². The molecule has 0 saturated carbocycles. The third-order valence-corrected chi connectivity index (χ3v) is 3.63. The first-order valence-electron chi connectivity index (χ1n) is 6.61. The molecule has 4 N–H and O–H groups in total. The normalized spacial score (nSPS) is 18.1. The average molecular weight is 277 g/mol. The average Bonchev–Trinajstić information content (AvgIpc) is 2.87. The molecule has 2 amide bonds. The Morgan fingerprint density at radius 1 is 1.50 bits per heavy atom. The second-order valence-corrected chi connectivity index (χ2v) is 5.07. The molecule has 108 valence electrons. The van der Waals surface area contributed by atoms with E-state index in [1.807, 2.05) is 0 Å². The number of nitrogens with two attached hydrogens (primary N) is 1. The monoisotopic (exact) mass is 277 g/mol. The molecule has 1 aromatic rings. The number of likely N-dealkylation sites (tertiary alicyclic amines) is 1. The van der Waals surface area contributed by atoms with Gasteiger partial charge in [0.25, 0.3) is 0 Å². The number of benzene rings is 1. The second kappa shape index (κ2) is 5.92. The Morgan fingerprint density at radius 3 is 2.85 bits per heavy atom. The summed E-state index contributed by atoms with van der Waals surface area (Å²) in [7, 11) is 0. The number of anilines is 1. The lowest BCUT2D eigenvalue weighted by molar-refractivity contribution is 0.0697. The van der Waals surface area contributed by atoms with Gasteiger partial charge in [0.1, 0.15) is 0 Å². The van der Waals surface area contributed by atoms with Crippen molar-refractivity contribution in [3.05, 3.63) is 29.3 Å². The maximum absolute atomic E-state index is 12.1. The van der Waals surface area contributed by atoms with Crippen LogP contribution in [-0.4, -0.2) is 41.6 Å². The van der Waals surface area contributed by atoms with Gasteiger partial charge in [-0.2, -0.15) is 0 Å². The van der Waals surface area contributed by atoms with Gasteiger partial charge in [-0.05, 0) is 37.4 Å². The molecule has 0 bridgehead atoms. The van der Waals surface area contributed by atoms with Crippen molar-refractivity contribution in [2.45, 2.75) is 13.3 Å². The fraction of sp³-hybridized carbons (Fsp3) is 0.429. The van der Waals surface area contributed by atoms with Crippen molar-refractivity contribution in [2.75, 3.05) is 25.0 Å². The number of rotatable bonds is 3. The summed E-state index contributed by atoms with van der Waals surface area (Å²) in [6.07, 6.45) is 0.892. The van der Waals surface area contributed by atoms with E-state index in [1.54, 1.807) is 30.0 Å². The molecule has 0 aromatic heterocycles. The highest BCUT2D eigenvalue weighted by molar-refractivity contribution is 6.01. The molecule has 1 saturated heterocycles. The predicted molar refractivity (Wildman–Crippen MR) is 75.9 cm³/mol. The molecule has 0 radical (unpaired) electrons. The summed E-state index contributed by atoms with van der Waals surface area (Å²) in [4.78, 5) is 25.1. The fourth-order valence-corrected chi connectivity index (χ4v) is 2.46. The van der Waals surface area contributed by atoms with Crippen molar-refractivity contribution < 1.29 is 14.7 Å². The van der Waals surface area contributed by atoms with E-state index in [9.17, 15) is 14.7 Å². The summed E-state index contributed by atoms with van der Waals surface area (Å²) in [6, 6.07) is 4.77. The van der Waals surface area contributed by atoms with Crippen LogP contribution in [0.4, 0.5) is 10.5 Å². The molecular weight excluding hydrogens is 258 g/mol. The lowest BCUT2D eigenvalue weighted by Gasteiger charge is -2.18. The number of aromatic carboxylic acids is 1. The van der Waals surface area contributed by atoms with Crippen LogP contribution < -0.4 is 11.1 Å². The topological polar surface area (TPSA) is 95.7 Å². The number of carbonyl (C=O) groups is 2. The van der Waals surface area contributed by atoms with E-state index in [2.05, 4.69) is 5.32 Å². The number of hydrogen-bond donors (Lipinski definition) is 3. The zero-order valence-electron chi connectivity index (χ0n) is 11.4. The number of carboxylic acids is 1. The molecule has 2 rings (SSSR count). The largest absolute Gasteiger partial charge is 0.478 e. The van der Waals surface area contributed by atoms with E-state index in [-0.39, 0.29) is 11.6 Å². The fourth-order valence-electron chi connectivity index (χ4n) is 2.46. The van der Waals surface area contributed by atoms with E-state index >= 15 is 0 Å². The molecule has 1 aliphatic heterocycles. The summed E-state index contributed by atoms with van der Waals surface area (Å²) in [5, 5.41) is 11.9. The van der Waals surface area contributed by atoms with E-state index in [0.29, 0.717) is 36.8 Å². The Bertz CT molecular complexity index is 530. The summed E-state index contributed by atoms with van der Waals surface area (Å²) >= 11 is 0. The van der Waals surface area contributed by atoms with E-state index in [0.717, 1.165) is 6.42 Å². The maximum Gasteiger partial charge on any atom is 0.338 e. The van der Waals surface area contributed by atoms with Crippen molar-refractivity contribution in [1.82, 2.24) is 4.90 Å². The van der Waals surface area contributed by atoms with Crippen LogP contribution in [0.1, 0.15) is 22.3 Å². The Kier molecular flexibility index (Phi) is 4.24. The van der Waals surface area contributed by atoms with Crippen molar-refractivity contribution in [3.63, 3.8) is 0 Å². The van der Waals surface area contributed by atoms with Crippen LogP contribution in [0.3, 0.4) is 0 Å². The third kappa shape index (κ3) is 2.91. The van der Waals surface area contributed by atoms with Gasteiger partial charge < -0.3 is 21.1 Å². The van der Waals surface area contributed by atoms with Gasteiger partial charge in [0.15, 0.2) is 0 Å². The lowest BCUT2D eigenvalue weighted by atomic mass is 10.1. The minimum atomic E-state index is -1.04. The summed E-state index contributed by atoms with van der Waals surface area (Å²) in [5.41, 5.74) is 6.68. The van der Waals surface area contributed by atoms with Crippen molar-refractivity contribution in [3.8, 4) is 0 Å². The van der Waals surface area contributed by atoms with Crippen LogP contribution in [0, 0.1) is 12.8 Å².